The Morgan fingerprint density at radius 2 is 1.65 bits per heavy atom. The molecule has 0 heterocycles. The van der Waals surface area contributed by atoms with Gasteiger partial charge in [0, 0.05) is 43.6 Å². The van der Waals surface area contributed by atoms with E-state index >= 15 is 0 Å². The Morgan fingerprint density at radius 3 is 2.35 bits per heavy atom. The second kappa shape index (κ2) is 10.1. The molecule has 0 unspecified atom stereocenters. The van der Waals surface area contributed by atoms with Crippen molar-refractivity contribution in [2.45, 2.75) is 19.8 Å². The van der Waals surface area contributed by atoms with Crippen LogP contribution in [0.5, 0.6) is 0 Å². The first-order valence-electron chi connectivity index (χ1n) is 8.79. The summed E-state index contributed by atoms with van der Waals surface area (Å²) in [6.45, 7) is 3.22. The molecule has 0 spiro atoms. The SMILES string of the molecule is CCC(=O)Nc1cccc(NC(=O)NCCCN(C)c2ccccc2)c1. The normalized spacial score (nSPS) is 10.1. The number of para-hydroxylation sites is 1. The number of nitrogens with one attached hydrogen (secondary N) is 3. The van der Waals surface area contributed by atoms with E-state index in [1.165, 1.54) is 0 Å². The Bertz CT molecular complexity index is 719. The predicted molar refractivity (Wildman–Crippen MR) is 107 cm³/mol. The van der Waals surface area contributed by atoms with Crippen molar-refractivity contribution in [3.05, 3.63) is 54.6 Å². The van der Waals surface area contributed by atoms with Gasteiger partial charge in [0.05, 0.1) is 0 Å². The Labute approximate surface area is 154 Å². The monoisotopic (exact) mass is 354 g/mol. The second-order valence-electron chi connectivity index (χ2n) is 5.97. The maximum atomic E-state index is 12.0. The fourth-order valence-corrected chi connectivity index (χ4v) is 2.43. The van der Waals surface area contributed by atoms with Crippen LogP contribution in [0.25, 0.3) is 0 Å². The summed E-state index contributed by atoms with van der Waals surface area (Å²) in [6.07, 6.45) is 1.25. The van der Waals surface area contributed by atoms with Crippen LogP contribution in [-0.2, 0) is 4.79 Å². The molecule has 0 aliphatic rings. The topological polar surface area (TPSA) is 73.5 Å². The van der Waals surface area contributed by atoms with Gasteiger partial charge in [0.1, 0.15) is 0 Å². The van der Waals surface area contributed by atoms with E-state index < -0.39 is 0 Å². The Kier molecular flexibility index (Phi) is 7.49. The summed E-state index contributed by atoms with van der Waals surface area (Å²) in [4.78, 5) is 25.6. The van der Waals surface area contributed by atoms with Crippen LogP contribution < -0.4 is 20.9 Å². The molecule has 6 heteroatoms. The second-order valence-corrected chi connectivity index (χ2v) is 5.97. The highest BCUT2D eigenvalue weighted by Gasteiger charge is 2.04. The lowest BCUT2D eigenvalue weighted by atomic mass is 10.2. The molecule has 0 bridgehead atoms. The number of hydrogen-bond donors (Lipinski definition) is 3. The van der Waals surface area contributed by atoms with Crippen LogP contribution in [0.15, 0.2) is 54.6 Å². The summed E-state index contributed by atoms with van der Waals surface area (Å²) >= 11 is 0. The van der Waals surface area contributed by atoms with Crippen LogP contribution in [0.4, 0.5) is 21.9 Å². The number of carbonyl (C=O) groups excluding carboxylic acids is 2. The van der Waals surface area contributed by atoms with E-state index in [0.717, 1.165) is 18.7 Å². The highest BCUT2D eigenvalue weighted by molar-refractivity contribution is 5.93. The number of anilines is 3. The predicted octanol–water partition coefficient (Wildman–Crippen LogP) is 3.68. The molecule has 2 aromatic rings. The number of carbonyl (C=O) groups is 2. The molecule has 0 saturated carbocycles. The van der Waals surface area contributed by atoms with E-state index in [4.69, 9.17) is 0 Å². The minimum atomic E-state index is -0.258. The molecule has 0 saturated heterocycles. The van der Waals surface area contributed by atoms with Gasteiger partial charge in [-0.3, -0.25) is 4.79 Å². The summed E-state index contributed by atoms with van der Waals surface area (Å²) in [5.74, 6) is -0.0610. The number of amides is 3. The molecule has 3 amide bonds. The standard InChI is InChI=1S/C20H26N4O2/c1-3-19(25)22-16-9-7-10-17(15-16)23-20(26)21-13-8-14-24(2)18-11-5-4-6-12-18/h4-7,9-12,15H,3,8,13-14H2,1-2H3,(H,22,25)(H2,21,23,26). The first-order valence-corrected chi connectivity index (χ1v) is 8.79. The minimum absolute atomic E-state index is 0.0610. The Hall–Kier alpha value is -3.02. The van der Waals surface area contributed by atoms with Crippen molar-refractivity contribution in [1.82, 2.24) is 5.32 Å². The molecule has 0 aromatic heterocycles. The van der Waals surface area contributed by atoms with E-state index in [1.54, 1.807) is 31.2 Å². The van der Waals surface area contributed by atoms with Gasteiger partial charge in [0.15, 0.2) is 0 Å². The summed E-state index contributed by atoms with van der Waals surface area (Å²) in [6, 6.07) is 17.0. The molecule has 138 valence electrons. The fourth-order valence-electron chi connectivity index (χ4n) is 2.43. The third kappa shape index (κ3) is 6.47. The Balaban J connectivity index is 1.72. The van der Waals surface area contributed by atoms with Crippen molar-refractivity contribution < 1.29 is 9.59 Å². The van der Waals surface area contributed by atoms with Crippen LogP contribution in [0.3, 0.4) is 0 Å². The third-order valence-corrected chi connectivity index (χ3v) is 3.88. The molecular weight excluding hydrogens is 328 g/mol. The number of nitrogens with zero attached hydrogens (tertiary/aromatic N) is 1. The fraction of sp³-hybridized carbons (Fsp3) is 0.300. The average molecular weight is 354 g/mol. The van der Waals surface area contributed by atoms with Gasteiger partial charge < -0.3 is 20.9 Å². The van der Waals surface area contributed by atoms with E-state index in [0.29, 0.717) is 24.3 Å². The van der Waals surface area contributed by atoms with Gasteiger partial charge in [-0.2, -0.15) is 0 Å². The molecule has 3 N–H and O–H groups in total. The van der Waals surface area contributed by atoms with E-state index in [9.17, 15) is 9.59 Å². The first-order chi connectivity index (χ1) is 12.6. The molecule has 2 aromatic carbocycles. The summed E-state index contributed by atoms with van der Waals surface area (Å²) in [5, 5.41) is 8.39. The number of urea groups is 1. The third-order valence-electron chi connectivity index (χ3n) is 3.88. The molecule has 0 aliphatic carbocycles. The Morgan fingerprint density at radius 1 is 0.962 bits per heavy atom. The number of hydrogen-bond acceptors (Lipinski definition) is 3. The van der Waals surface area contributed by atoms with Gasteiger partial charge in [-0.1, -0.05) is 31.2 Å². The van der Waals surface area contributed by atoms with Crippen molar-refractivity contribution in [2.75, 3.05) is 35.7 Å². The van der Waals surface area contributed by atoms with Crippen LogP contribution in [0.1, 0.15) is 19.8 Å². The van der Waals surface area contributed by atoms with Gasteiger partial charge >= 0.3 is 6.03 Å². The average Bonchev–Trinajstić information content (AvgIpc) is 2.66. The van der Waals surface area contributed by atoms with Gasteiger partial charge in [0.25, 0.3) is 0 Å². The van der Waals surface area contributed by atoms with E-state index in [1.807, 2.05) is 25.2 Å². The van der Waals surface area contributed by atoms with Crippen molar-refractivity contribution in [2.24, 2.45) is 0 Å². The van der Waals surface area contributed by atoms with Gasteiger partial charge in [-0.15, -0.1) is 0 Å². The molecular formula is C20H26N4O2. The minimum Gasteiger partial charge on any atom is -0.375 e. The summed E-state index contributed by atoms with van der Waals surface area (Å²) in [5.41, 5.74) is 2.46. The quantitative estimate of drug-likeness (QED) is 0.633. The summed E-state index contributed by atoms with van der Waals surface area (Å²) < 4.78 is 0. The summed E-state index contributed by atoms with van der Waals surface area (Å²) in [7, 11) is 2.03. The zero-order valence-electron chi connectivity index (χ0n) is 15.3. The molecule has 0 aliphatic heterocycles. The van der Waals surface area contributed by atoms with Crippen molar-refractivity contribution in [1.29, 1.82) is 0 Å². The lowest BCUT2D eigenvalue weighted by Crippen LogP contribution is -2.31. The highest BCUT2D eigenvalue weighted by atomic mass is 16.2. The first kappa shape index (κ1) is 19.3. The van der Waals surface area contributed by atoms with Crippen molar-refractivity contribution >= 4 is 29.0 Å². The van der Waals surface area contributed by atoms with E-state index in [-0.39, 0.29) is 11.9 Å². The van der Waals surface area contributed by atoms with Crippen LogP contribution >= 0.6 is 0 Å². The van der Waals surface area contributed by atoms with Crippen molar-refractivity contribution in [3.8, 4) is 0 Å². The highest BCUT2D eigenvalue weighted by Crippen LogP contribution is 2.15. The zero-order valence-corrected chi connectivity index (χ0v) is 15.3. The largest absolute Gasteiger partial charge is 0.375 e. The molecule has 6 nitrogen and oxygen atoms in total. The molecule has 2 rings (SSSR count). The van der Waals surface area contributed by atoms with E-state index in [2.05, 4.69) is 33.0 Å². The molecule has 26 heavy (non-hydrogen) atoms. The van der Waals surface area contributed by atoms with Crippen LogP contribution in [0, 0.1) is 0 Å². The number of rotatable bonds is 8. The zero-order chi connectivity index (χ0) is 18.8. The maximum Gasteiger partial charge on any atom is 0.319 e. The van der Waals surface area contributed by atoms with Gasteiger partial charge in [0.2, 0.25) is 5.91 Å². The van der Waals surface area contributed by atoms with Crippen molar-refractivity contribution in [3.63, 3.8) is 0 Å². The van der Waals surface area contributed by atoms with Crippen LogP contribution in [-0.4, -0.2) is 32.1 Å². The molecule has 0 atom stereocenters. The number of benzene rings is 2. The molecule has 0 fully saturated rings. The smallest absolute Gasteiger partial charge is 0.319 e. The van der Waals surface area contributed by atoms with Crippen LogP contribution in [0.2, 0.25) is 0 Å². The lowest BCUT2D eigenvalue weighted by molar-refractivity contribution is -0.115. The lowest BCUT2D eigenvalue weighted by Gasteiger charge is -2.19. The van der Waals surface area contributed by atoms with Gasteiger partial charge in [-0.05, 0) is 36.8 Å². The van der Waals surface area contributed by atoms with Gasteiger partial charge in [-0.25, -0.2) is 4.79 Å². The molecule has 0 radical (unpaired) electrons. The maximum absolute atomic E-state index is 12.0.